The Morgan fingerprint density at radius 3 is 3.14 bits per heavy atom. The Kier molecular flexibility index (Phi) is 3.61. The van der Waals surface area contributed by atoms with Crippen molar-refractivity contribution in [3.8, 4) is 5.75 Å². The van der Waals surface area contributed by atoms with Crippen LogP contribution in [0.2, 0.25) is 0 Å². The van der Waals surface area contributed by atoms with E-state index in [1.165, 1.54) is 43.6 Å². The van der Waals surface area contributed by atoms with E-state index in [0.717, 1.165) is 31.4 Å². The number of fused-ring (bicyclic) bond motifs is 2. The minimum atomic E-state index is 0.360. The topological polar surface area (TPSA) is 41.7 Å². The van der Waals surface area contributed by atoms with E-state index in [0.29, 0.717) is 12.6 Å². The number of nitrogens with zero attached hydrogens (tertiary/aromatic N) is 2. The van der Waals surface area contributed by atoms with Crippen LogP contribution in [0.1, 0.15) is 30.0 Å². The fraction of sp³-hybridized carbons (Fsp3) is 0.647. The fourth-order valence-electron chi connectivity index (χ4n) is 4.21. The van der Waals surface area contributed by atoms with Crippen molar-refractivity contribution in [1.82, 2.24) is 9.80 Å². The molecule has 0 radical (unpaired) electrons. The molecule has 0 saturated carbocycles. The van der Waals surface area contributed by atoms with Gasteiger partial charge in [0.25, 0.3) is 0 Å². The van der Waals surface area contributed by atoms with Gasteiger partial charge >= 0.3 is 0 Å². The second-order valence-electron chi connectivity index (χ2n) is 6.54. The first-order chi connectivity index (χ1) is 10.3. The Hall–Kier alpha value is -1.10. The lowest BCUT2D eigenvalue weighted by Gasteiger charge is -2.41. The normalized spacial score (nSPS) is 27.2. The second kappa shape index (κ2) is 5.59. The Balaban J connectivity index is 1.54. The standard InChI is InChI=1S/C17H25N3O/c18-11-16(13-3-4-17-14(10-13)5-9-21-17)20-8-7-19-6-1-2-15(19)12-20/h3-4,10,15-16H,1-2,5-9,11-12,18H2. The molecule has 0 amide bonds. The van der Waals surface area contributed by atoms with Crippen LogP contribution >= 0.6 is 0 Å². The van der Waals surface area contributed by atoms with E-state index in [1.807, 2.05) is 0 Å². The summed E-state index contributed by atoms with van der Waals surface area (Å²) in [5.74, 6) is 1.06. The zero-order valence-corrected chi connectivity index (χ0v) is 12.6. The Morgan fingerprint density at radius 2 is 2.24 bits per heavy atom. The Morgan fingerprint density at radius 1 is 1.29 bits per heavy atom. The summed E-state index contributed by atoms with van der Waals surface area (Å²) in [6.07, 6.45) is 3.75. The minimum Gasteiger partial charge on any atom is -0.493 e. The molecule has 2 saturated heterocycles. The molecule has 0 spiro atoms. The number of ether oxygens (including phenoxy) is 1. The van der Waals surface area contributed by atoms with Crippen LogP contribution in [-0.4, -0.2) is 55.2 Å². The van der Waals surface area contributed by atoms with Crippen molar-refractivity contribution in [3.63, 3.8) is 0 Å². The lowest BCUT2D eigenvalue weighted by molar-refractivity contribution is 0.0737. The largest absolute Gasteiger partial charge is 0.493 e. The molecule has 1 aromatic carbocycles. The van der Waals surface area contributed by atoms with Crippen molar-refractivity contribution < 1.29 is 4.74 Å². The molecular formula is C17H25N3O. The van der Waals surface area contributed by atoms with E-state index in [9.17, 15) is 0 Å². The summed E-state index contributed by atoms with van der Waals surface area (Å²) in [6, 6.07) is 7.78. The summed E-state index contributed by atoms with van der Waals surface area (Å²) in [6.45, 7) is 6.35. The van der Waals surface area contributed by atoms with Crippen LogP contribution in [0.5, 0.6) is 5.75 Å². The van der Waals surface area contributed by atoms with Gasteiger partial charge in [-0.2, -0.15) is 0 Å². The molecule has 0 bridgehead atoms. The number of nitrogens with two attached hydrogens (primary N) is 1. The molecule has 114 valence electrons. The van der Waals surface area contributed by atoms with Crippen molar-refractivity contribution in [2.24, 2.45) is 5.73 Å². The molecule has 2 fully saturated rings. The van der Waals surface area contributed by atoms with Gasteiger partial charge in [0, 0.05) is 44.7 Å². The van der Waals surface area contributed by atoms with Gasteiger partial charge in [0.15, 0.2) is 0 Å². The van der Waals surface area contributed by atoms with Crippen LogP contribution in [-0.2, 0) is 6.42 Å². The van der Waals surface area contributed by atoms with Crippen LogP contribution in [0, 0.1) is 0 Å². The molecule has 0 aliphatic carbocycles. The van der Waals surface area contributed by atoms with Crippen molar-refractivity contribution in [1.29, 1.82) is 0 Å². The Labute approximate surface area is 126 Å². The maximum atomic E-state index is 6.13. The zero-order chi connectivity index (χ0) is 14.2. The predicted molar refractivity (Wildman–Crippen MR) is 83.6 cm³/mol. The molecule has 2 atom stereocenters. The van der Waals surface area contributed by atoms with E-state index >= 15 is 0 Å². The maximum absolute atomic E-state index is 6.13. The van der Waals surface area contributed by atoms with E-state index in [2.05, 4.69) is 28.0 Å². The van der Waals surface area contributed by atoms with Crippen LogP contribution in [0.3, 0.4) is 0 Å². The van der Waals surface area contributed by atoms with Gasteiger partial charge in [-0.3, -0.25) is 9.80 Å². The van der Waals surface area contributed by atoms with E-state index in [1.54, 1.807) is 0 Å². The molecule has 4 heteroatoms. The number of hydrogen-bond donors (Lipinski definition) is 1. The summed E-state index contributed by atoms with van der Waals surface area (Å²) in [7, 11) is 0. The molecule has 21 heavy (non-hydrogen) atoms. The first-order valence-corrected chi connectivity index (χ1v) is 8.29. The molecule has 2 N–H and O–H groups in total. The van der Waals surface area contributed by atoms with Gasteiger partial charge in [-0.25, -0.2) is 0 Å². The van der Waals surface area contributed by atoms with Crippen LogP contribution in [0.4, 0.5) is 0 Å². The van der Waals surface area contributed by atoms with Gasteiger partial charge in [-0.1, -0.05) is 12.1 Å². The molecule has 1 aromatic rings. The highest BCUT2D eigenvalue weighted by atomic mass is 16.5. The average molecular weight is 287 g/mol. The van der Waals surface area contributed by atoms with Crippen molar-refractivity contribution in [2.75, 3.05) is 39.3 Å². The fourth-order valence-corrected chi connectivity index (χ4v) is 4.21. The van der Waals surface area contributed by atoms with Gasteiger partial charge in [-0.15, -0.1) is 0 Å². The van der Waals surface area contributed by atoms with Crippen LogP contribution < -0.4 is 10.5 Å². The van der Waals surface area contributed by atoms with Crippen molar-refractivity contribution in [2.45, 2.75) is 31.3 Å². The van der Waals surface area contributed by atoms with Crippen LogP contribution in [0.15, 0.2) is 18.2 Å². The SMILES string of the molecule is NCC(c1ccc2c(c1)CCO2)N1CCN2CCCC2C1. The van der Waals surface area contributed by atoms with E-state index in [4.69, 9.17) is 10.5 Å². The zero-order valence-electron chi connectivity index (χ0n) is 12.6. The van der Waals surface area contributed by atoms with Crippen LogP contribution in [0.25, 0.3) is 0 Å². The minimum absolute atomic E-state index is 0.360. The number of benzene rings is 1. The van der Waals surface area contributed by atoms with Gasteiger partial charge in [0.05, 0.1) is 6.61 Å². The summed E-state index contributed by atoms with van der Waals surface area (Å²) in [4.78, 5) is 5.25. The van der Waals surface area contributed by atoms with Crippen molar-refractivity contribution >= 4 is 0 Å². The summed E-state index contributed by atoms with van der Waals surface area (Å²) in [5, 5.41) is 0. The Bertz CT molecular complexity index is 519. The highest BCUT2D eigenvalue weighted by Gasteiger charge is 2.33. The molecule has 0 aromatic heterocycles. The molecule has 2 unspecified atom stereocenters. The molecule has 3 aliphatic rings. The first-order valence-electron chi connectivity index (χ1n) is 8.29. The average Bonchev–Trinajstić information content (AvgIpc) is 3.15. The highest BCUT2D eigenvalue weighted by molar-refractivity contribution is 5.41. The molecule has 3 aliphatic heterocycles. The maximum Gasteiger partial charge on any atom is 0.122 e. The van der Waals surface area contributed by atoms with Gasteiger partial charge in [0.1, 0.15) is 5.75 Å². The smallest absolute Gasteiger partial charge is 0.122 e. The number of piperazine rings is 1. The first kappa shape index (κ1) is 13.6. The molecular weight excluding hydrogens is 262 g/mol. The summed E-state index contributed by atoms with van der Waals surface area (Å²) < 4.78 is 5.62. The van der Waals surface area contributed by atoms with E-state index < -0.39 is 0 Å². The predicted octanol–water partition coefficient (Wildman–Crippen LogP) is 1.40. The lowest BCUT2D eigenvalue weighted by Crippen LogP contribution is -2.52. The van der Waals surface area contributed by atoms with Gasteiger partial charge in [-0.05, 0) is 36.6 Å². The number of hydrogen-bond acceptors (Lipinski definition) is 4. The third kappa shape index (κ3) is 2.45. The van der Waals surface area contributed by atoms with E-state index in [-0.39, 0.29) is 0 Å². The summed E-state index contributed by atoms with van der Waals surface area (Å²) >= 11 is 0. The monoisotopic (exact) mass is 287 g/mol. The third-order valence-electron chi connectivity index (χ3n) is 5.38. The molecule has 4 rings (SSSR count). The van der Waals surface area contributed by atoms with Crippen molar-refractivity contribution in [3.05, 3.63) is 29.3 Å². The molecule has 3 heterocycles. The molecule has 4 nitrogen and oxygen atoms in total. The lowest BCUT2D eigenvalue weighted by atomic mass is 9.99. The van der Waals surface area contributed by atoms with Gasteiger partial charge < -0.3 is 10.5 Å². The number of rotatable bonds is 3. The second-order valence-corrected chi connectivity index (χ2v) is 6.54. The quantitative estimate of drug-likeness (QED) is 0.912. The van der Waals surface area contributed by atoms with Gasteiger partial charge in [0.2, 0.25) is 0 Å². The third-order valence-corrected chi connectivity index (χ3v) is 5.38. The summed E-state index contributed by atoms with van der Waals surface area (Å²) in [5.41, 5.74) is 8.85. The highest BCUT2D eigenvalue weighted by Crippen LogP contribution is 2.32.